The lowest BCUT2D eigenvalue weighted by molar-refractivity contribution is 0.324. The third-order valence-electron chi connectivity index (χ3n) is 6.29. The normalized spacial score (nSPS) is 11.0. The zero-order valence-corrected chi connectivity index (χ0v) is 23.2. The van der Waals surface area contributed by atoms with Crippen LogP contribution >= 0.6 is 23.8 Å². The standard InChI is InChI=1S/C28H25ClN4O5S/c1-15-23-25(32-38-15)24-19(29)9-6-10-20(24)33(27(23)34)14-16-7-5-8-17(11-16)30-28(39)31-18-12-21(35-2)26(37-4)22(13-18)36-3/h5-13H,14H2,1-4H3,(H2,30,31,39). The van der Waals surface area contributed by atoms with Crippen molar-refractivity contribution in [2.45, 2.75) is 13.5 Å². The molecule has 200 valence electrons. The average molecular weight is 565 g/mol. The number of aromatic nitrogens is 2. The van der Waals surface area contributed by atoms with Gasteiger partial charge >= 0.3 is 0 Å². The highest BCUT2D eigenvalue weighted by molar-refractivity contribution is 7.80. The van der Waals surface area contributed by atoms with E-state index in [2.05, 4.69) is 15.8 Å². The molecule has 39 heavy (non-hydrogen) atoms. The summed E-state index contributed by atoms with van der Waals surface area (Å²) in [6, 6.07) is 16.6. The lowest BCUT2D eigenvalue weighted by Gasteiger charge is -2.16. The van der Waals surface area contributed by atoms with Crippen LogP contribution in [-0.4, -0.2) is 36.2 Å². The van der Waals surface area contributed by atoms with E-state index >= 15 is 0 Å². The van der Waals surface area contributed by atoms with Gasteiger partial charge in [-0.25, -0.2) is 0 Å². The Bertz CT molecular complexity index is 1760. The van der Waals surface area contributed by atoms with Crippen LogP contribution < -0.4 is 30.4 Å². The van der Waals surface area contributed by atoms with Crippen molar-refractivity contribution in [1.29, 1.82) is 0 Å². The van der Waals surface area contributed by atoms with E-state index in [0.717, 1.165) is 11.3 Å². The molecule has 0 aliphatic carbocycles. The van der Waals surface area contributed by atoms with Gasteiger partial charge in [-0.15, -0.1) is 0 Å². The Balaban J connectivity index is 1.43. The zero-order chi connectivity index (χ0) is 27.7. The summed E-state index contributed by atoms with van der Waals surface area (Å²) in [5.74, 6) is 1.94. The van der Waals surface area contributed by atoms with Crippen molar-refractivity contribution in [2.75, 3.05) is 32.0 Å². The Hall–Kier alpha value is -4.28. The number of fused-ring (bicyclic) bond motifs is 3. The predicted octanol–water partition coefficient (Wildman–Crippen LogP) is 5.99. The number of nitrogens with zero attached hydrogens (tertiary/aromatic N) is 2. The van der Waals surface area contributed by atoms with E-state index in [9.17, 15) is 4.79 Å². The summed E-state index contributed by atoms with van der Waals surface area (Å²) >= 11 is 12.1. The molecule has 0 saturated heterocycles. The molecule has 0 amide bonds. The number of nitrogens with one attached hydrogen (secondary N) is 2. The highest BCUT2D eigenvalue weighted by Crippen LogP contribution is 2.40. The first-order chi connectivity index (χ1) is 18.8. The fraction of sp³-hybridized carbons (Fsp3) is 0.179. The van der Waals surface area contributed by atoms with Crippen LogP contribution in [0.4, 0.5) is 11.4 Å². The molecule has 2 aromatic heterocycles. The van der Waals surface area contributed by atoms with E-state index in [4.69, 9.17) is 42.6 Å². The summed E-state index contributed by atoms with van der Waals surface area (Å²) in [4.78, 5) is 13.5. The predicted molar refractivity (Wildman–Crippen MR) is 157 cm³/mol. The van der Waals surface area contributed by atoms with Gasteiger partial charge in [0, 0.05) is 28.9 Å². The number of methoxy groups -OCH3 is 3. The zero-order valence-electron chi connectivity index (χ0n) is 21.6. The van der Waals surface area contributed by atoms with Crippen molar-refractivity contribution in [3.63, 3.8) is 0 Å². The molecule has 2 heterocycles. The molecule has 11 heteroatoms. The molecule has 5 rings (SSSR count). The van der Waals surface area contributed by atoms with Gasteiger partial charge in [-0.05, 0) is 49.0 Å². The maximum Gasteiger partial charge on any atom is 0.264 e. The summed E-state index contributed by atoms with van der Waals surface area (Å²) in [6.45, 7) is 2.02. The van der Waals surface area contributed by atoms with Gasteiger partial charge in [0.05, 0.1) is 38.4 Å². The molecule has 0 fully saturated rings. The molecule has 3 aromatic carbocycles. The van der Waals surface area contributed by atoms with Gasteiger partial charge < -0.3 is 33.9 Å². The Kier molecular flexibility index (Phi) is 7.32. The summed E-state index contributed by atoms with van der Waals surface area (Å²) in [6.07, 6.45) is 0. The maximum atomic E-state index is 13.5. The molecule has 2 N–H and O–H groups in total. The van der Waals surface area contributed by atoms with Gasteiger partial charge in [0.15, 0.2) is 16.6 Å². The number of aryl methyl sites for hydroxylation is 1. The van der Waals surface area contributed by atoms with Gasteiger partial charge in [0.25, 0.3) is 5.56 Å². The second-order valence-corrected chi connectivity index (χ2v) is 9.50. The largest absolute Gasteiger partial charge is 0.493 e. The Morgan fingerprint density at radius 3 is 2.36 bits per heavy atom. The fourth-order valence-electron chi connectivity index (χ4n) is 4.54. The lowest BCUT2D eigenvalue weighted by Crippen LogP contribution is -2.22. The molecule has 0 unspecified atom stereocenters. The number of halogens is 1. The molecule has 0 aliphatic heterocycles. The third kappa shape index (κ3) is 4.96. The highest BCUT2D eigenvalue weighted by atomic mass is 35.5. The van der Waals surface area contributed by atoms with E-state index in [-0.39, 0.29) is 5.56 Å². The Morgan fingerprint density at radius 2 is 1.67 bits per heavy atom. The smallest absolute Gasteiger partial charge is 0.264 e. The molecule has 0 saturated carbocycles. The molecular weight excluding hydrogens is 540 g/mol. The minimum Gasteiger partial charge on any atom is -0.493 e. The number of hydrogen-bond acceptors (Lipinski definition) is 7. The number of anilines is 2. The third-order valence-corrected chi connectivity index (χ3v) is 6.81. The monoisotopic (exact) mass is 564 g/mol. The molecular formula is C28H25ClN4O5S. The maximum absolute atomic E-state index is 13.5. The minimum atomic E-state index is -0.198. The van der Waals surface area contributed by atoms with Crippen LogP contribution in [0.5, 0.6) is 17.2 Å². The number of ether oxygens (including phenoxy) is 3. The van der Waals surface area contributed by atoms with Gasteiger partial charge in [0.2, 0.25) is 5.75 Å². The second kappa shape index (κ2) is 10.8. The first-order valence-electron chi connectivity index (χ1n) is 11.9. The van der Waals surface area contributed by atoms with Crippen LogP contribution in [-0.2, 0) is 6.54 Å². The summed E-state index contributed by atoms with van der Waals surface area (Å²) < 4.78 is 23.2. The van der Waals surface area contributed by atoms with Crippen molar-refractivity contribution in [3.8, 4) is 17.2 Å². The van der Waals surface area contributed by atoms with Crippen LogP contribution in [0.3, 0.4) is 0 Å². The van der Waals surface area contributed by atoms with Crippen LogP contribution in [0.15, 0.2) is 63.9 Å². The fourth-order valence-corrected chi connectivity index (χ4v) is 5.04. The second-order valence-electron chi connectivity index (χ2n) is 8.68. The van der Waals surface area contributed by atoms with E-state index in [1.165, 1.54) is 0 Å². The number of hydrogen-bond donors (Lipinski definition) is 2. The lowest BCUT2D eigenvalue weighted by atomic mass is 10.1. The van der Waals surface area contributed by atoms with E-state index in [1.807, 2.05) is 36.4 Å². The molecule has 0 spiro atoms. The molecule has 0 atom stereocenters. The minimum absolute atomic E-state index is 0.198. The van der Waals surface area contributed by atoms with Crippen molar-refractivity contribution < 1.29 is 18.7 Å². The van der Waals surface area contributed by atoms with Crippen molar-refractivity contribution >= 4 is 62.1 Å². The summed E-state index contributed by atoms with van der Waals surface area (Å²) in [5.41, 5.74) is 3.23. The molecule has 0 aliphatic rings. The first kappa shape index (κ1) is 26.3. The van der Waals surface area contributed by atoms with Crippen LogP contribution in [0.2, 0.25) is 5.02 Å². The number of rotatable bonds is 7. The van der Waals surface area contributed by atoms with E-state index in [0.29, 0.717) is 67.2 Å². The SMILES string of the molecule is COc1cc(NC(=S)Nc2cccc(Cn3c(=O)c4c(C)onc4c4c(Cl)cccc43)c2)cc(OC)c1OC. The molecule has 5 aromatic rings. The van der Waals surface area contributed by atoms with Gasteiger partial charge in [-0.1, -0.05) is 35.0 Å². The van der Waals surface area contributed by atoms with E-state index in [1.54, 1.807) is 51.0 Å². The van der Waals surface area contributed by atoms with Gasteiger partial charge in [-0.3, -0.25) is 4.79 Å². The van der Waals surface area contributed by atoms with Crippen molar-refractivity contribution in [2.24, 2.45) is 0 Å². The quantitative estimate of drug-likeness (QED) is 0.231. The summed E-state index contributed by atoms with van der Waals surface area (Å²) in [5, 5.41) is 12.4. The van der Waals surface area contributed by atoms with Gasteiger partial charge in [-0.2, -0.15) is 0 Å². The van der Waals surface area contributed by atoms with E-state index < -0.39 is 0 Å². The number of benzene rings is 3. The number of pyridine rings is 1. The first-order valence-corrected chi connectivity index (χ1v) is 12.7. The van der Waals surface area contributed by atoms with Crippen LogP contribution in [0.1, 0.15) is 11.3 Å². The summed E-state index contributed by atoms with van der Waals surface area (Å²) in [7, 11) is 4.64. The van der Waals surface area contributed by atoms with Crippen LogP contribution in [0, 0.1) is 6.92 Å². The van der Waals surface area contributed by atoms with Crippen molar-refractivity contribution in [1.82, 2.24) is 9.72 Å². The molecule has 0 bridgehead atoms. The van der Waals surface area contributed by atoms with Crippen LogP contribution in [0.25, 0.3) is 21.8 Å². The molecule has 0 radical (unpaired) electrons. The van der Waals surface area contributed by atoms with Crippen molar-refractivity contribution in [3.05, 3.63) is 81.3 Å². The topological polar surface area (TPSA) is 99.8 Å². The Labute approximate surface area is 234 Å². The molecule has 9 nitrogen and oxygen atoms in total. The average Bonchev–Trinajstić information content (AvgIpc) is 3.31. The highest BCUT2D eigenvalue weighted by Gasteiger charge is 2.19. The van der Waals surface area contributed by atoms with Gasteiger partial charge in [0.1, 0.15) is 16.7 Å². The number of thiocarbonyl (C=S) groups is 1. The Morgan fingerprint density at radius 1 is 0.974 bits per heavy atom.